The van der Waals surface area contributed by atoms with Crippen molar-refractivity contribution in [3.8, 4) is 0 Å². The van der Waals surface area contributed by atoms with E-state index in [0.29, 0.717) is 23.5 Å². The molecule has 2 aliphatic rings. The van der Waals surface area contributed by atoms with Crippen LogP contribution in [0.15, 0.2) is 147 Å². The molecule has 4 atom stereocenters. The molecule has 4 aromatic rings. The lowest BCUT2D eigenvalue weighted by molar-refractivity contribution is -0.246. The largest absolute Gasteiger partial charge is 0.348 e. The maximum absolute atomic E-state index is 8.85. The third-order valence-electron chi connectivity index (χ3n) is 11.7. The number of benzene rings is 2. The van der Waals surface area contributed by atoms with Gasteiger partial charge in [0.2, 0.25) is 0 Å². The van der Waals surface area contributed by atoms with Gasteiger partial charge in [-0.25, -0.2) is 0 Å². The Labute approximate surface area is 324 Å². The molecule has 5 heteroatoms. The Hall–Kier alpha value is -4.43. The van der Waals surface area contributed by atoms with E-state index >= 15 is 0 Å². The van der Waals surface area contributed by atoms with Crippen LogP contribution >= 0.6 is 0 Å². The Morgan fingerprint density at radius 2 is 0.943 bits per heavy atom. The van der Waals surface area contributed by atoms with Crippen LogP contribution in [0, 0.1) is 21.7 Å². The molecule has 2 heterocycles. The average Bonchev–Trinajstić information content (AvgIpc) is 3.16. The van der Waals surface area contributed by atoms with Gasteiger partial charge in [0.25, 0.3) is 0 Å². The molecule has 0 amide bonds. The molecule has 0 fully saturated rings. The highest BCUT2D eigenvalue weighted by atomic mass is 28.1. The van der Waals surface area contributed by atoms with Gasteiger partial charge >= 0.3 is 0 Å². The monoisotopic (exact) mass is 726 g/mol. The smallest absolute Gasteiger partial charge is 0.131 e. The SMILES string of the molecule is C=Cc1ccc(C(OC(c2ccccc2)(c2ccc(C=C)nc2[Si])C2(C(C)(C)C)C=CC=CC2)(c2ccccc2)C2(C(C)(C)C)C=CC=CC2)c([Si])n1. The molecule has 2 aliphatic carbocycles. The van der Waals surface area contributed by atoms with Gasteiger partial charge in [-0.05, 0) is 59.1 Å². The van der Waals surface area contributed by atoms with Gasteiger partial charge in [0.05, 0.1) is 11.4 Å². The second-order valence-electron chi connectivity index (χ2n) is 16.3. The lowest BCUT2D eigenvalue weighted by atomic mass is 9.49. The molecule has 4 unspecified atom stereocenters. The molecule has 2 aromatic heterocycles. The third-order valence-corrected chi connectivity index (χ3v) is 12.5. The molecule has 0 N–H and O–H groups in total. The molecule has 0 saturated heterocycles. The molecule has 6 radical (unpaired) electrons. The van der Waals surface area contributed by atoms with Crippen LogP contribution in [0.3, 0.4) is 0 Å². The zero-order valence-electron chi connectivity index (χ0n) is 32.0. The van der Waals surface area contributed by atoms with E-state index in [1.54, 1.807) is 12.2 Å². The molecule has 0 saturated carbocycles. The van der Waals surface area contributed by atoms with Crippen molar-refractivity contribution in [2.45, 2.75) is 65.6 Å². The summed E-state index contributed by atoms with van der Waals surface area (Å²) in [6.45, 7) is 22.1. The summed E-state index contributed by atoms with van der Waals surface area (Å²) < 4.78 is 8.85. The number of aromatic nitrogens is 2. The summed E-state index contributed by atoms with van der Waals surface area (Å²) in [6, 6.07) is 30.0. The second kappa shape index (κ2) is 14.4. The minimum absolute atomic E-state index is 0.346. The highest BCUT2D eigenvalue weighted by Crippen LogP contribution is 2.68. The van der Waals surface area contributed by atoms with Crippen molar-refractivity contribution in [3.05, 3.63) is 180 Å². The fourth-order valence-corrected chi connectivity index (χ4v) is 9.74. The Kier molecular flexibility index (Phi) is 10.4. The molecule has 0 bridgehead atoms. The molecular formula is C48H50N2OSi2. The summed E-state index contributed by atoms with van der Waals surface area (Å²) in [4.78, 5) is 10.2. The number of pyridine rings is 2. The molecular weight excluding hydrogens is 677 g/mol. The van der Waals surface area contributed by atoms with Crippen LogP contribution in [-0.2, 0) is 15.9 Å². The van der Waals surface area contributed by atoms with Gasteiger partial charge in [0.1, 0.15) is 31.7 Å². The van der Waals surface area contributed by atoms with Gasteiger partial charge in [-0.3, -0.25) is 9.97 Å². The molecule has 6 rings (SSSR count). The number of ether oxygens (including phenoxy) is 1. The van der Waals surface area contributed by atoms with Crippen molar-refractivity contribution < 1.29 is 4.74 Å². The first kappa shape index (κ1) is 38.3. The van der Waals surface area contributed by atoms with Crippen molar-refractivity contribution in [1.29, 1.82) is 0 Å². The summed E-state index contributed by atoms with van der Waals surface area (Å²) in [5.74, 6) is 0. The van der Waals surface area contributed by atoms with Crippen molar-refractivity contribution >= 4 is 43.3 Å². The van der Waals surface area contributed by atoms with Gasteiger partial charge in [0, 0.05) is 32.6 Å². The summed E-state index contributed by atoms with van der Waals surface area (Å²) >= 11 is 0. The van der Waals surface area contributed by atoms with E-state index in [1.165, 1.54) is 0 Å². The lowest BCUT2D eigenvalue weighted by Crippen LogP contribution is -2.65. The highest BCUT2D eigenvalue weighted by molar-refractivity contribution is 6.32. The van der Waals surface area contributed by atoms with Crippen molar-refractivity contribution in [1.82, 2.24) is 9.97 Å². The van der Waals surface area contributed by atoms with Crippen LogP contribution in [0.5, 0.6) is 0 Å². The van der Waals surface area contributed by atoms with Crippen LogP contribution in [-0.4, -0.2) is 30.5 Å². The third kappa shape index (κ3) is 6.07. The van der Waals surface area contributed by atoms with E-state index in [-0.39, 0.29) is 10.8 Å². The number of hydrogen-bond acceptors (Lipinski definition) is 3. The maximum atomic E-state index is 8.85. The maximum Gasteiger partial charge on any atom is 0.131 e. The normalized spacial score (nSPS) is 22.2. The summed E-state index contributed by atoms with van der Waals surface area (Å²) in [5.41, 5.74) is 1.11. The van der Waals surface area contributed by atoms with Gasteiger partial charge in [-0.1, -0.05) is 176 Å². The van der Waals surface area contributed by atoms with Crippen LogP contribution < -0.4 is 10.6 Å². The number of nitrogens with zero attached hydrogens (tertiary/aromatic N) is 2. The Bertz CT molecular complexity index is 1950. The number of rotatable bonds is 10. The van der Waals surface area contributed by atoms with Crippen molar-refractivity contribution in [3.63, 3.8) is 0 Å². The van der Waals surface area contributed by atoms with E-state index in [4.69, 9.17) is 14.7 Å². The summed E-state index contributed by atoms with van der Waals surface area (Å²) in [6.07, 6.45) is 23.0. The van der Waals surface area contributed by atoms with E-state index in [1.807, 2.05) is 0 Å². The minimum atomic E-state index is -1.17. The first-order valence-corrected chi connectivity index (χ1v) is 19.4. The molecule has 53 heavy (non-hydrogen) atoms. The predicted molar refractivity (Wildman–Crippen MR) is 225 cm³/mol. The van der Waals surface area contributed by atoms with E-state index < -0.39 is 22.0 Å². The zero-order valence-corrected chi connectivity index (χ0v) is 34.0. The Balaban J connectivity index is 1.94. The highest BCUT2D eigenvalue weighted by Gasteiger charge is 2.67. The fraction of sp³-hybridized carbons (Fsp3) is 0.292. The van der Waals surface area contributed by atoms with Gasteiger partial charge in [0.15, 0.2) is 0 Å². The lowest BCUT2D eigenvalue weighted by Gasteiger charge is -2.64. The zero-order chi connectivity index (χ0) is 38.1. The fourth-order valence-electron chi connectivity index (χ4n) is 8.97. The summed E-state index contributed by atoms with van der Waals surface area (Å²) in [7, 11) is 8.23. The van der Waals surface area contributed by atoms with Crippen LogP contribution in [0.2, 0.25) is 0 Å². The summed E-state index contributed by atoms with van der Waals surface area (Å²) in [5, 5.41) is 1.39. The van der Waals surface area contributed by atoms with Crippen molar-refractivity contribution in [2.24, 2.45) is 21.7 Å². The standard InChI is InChI=1S/C48H50N2OSi2/c1-9-37-27-29-39(41(52)49-37)47(35-23-15-11-16-24-35,45(43(3,4)5)31-19-13-20-32-45)51-48(36-25-17-12-18-26-36,40-30-28-38(10-2)50-42(40)53)46(44(6,7)8)33-21-14-22-34-46/h9-31,33H,1-2,32,34H2,3-8H3. The number of allylic oxidation sites excluding steroid dienone is 6. The number of hydrogen-bond donors (Lipinski definition) is 0. The van der Waals surface area contributed by atoms with Crippen molar-refractivity contribution in [2.75, 3.05) is 0 Å². The molecule has 266 valence electrons. The van der Waals surface area contributed by atoms with Crippen LogP contribution in [0.1, 0.15) is 88.0 Å². The second-order valence-corrected chi connectivity index (χ2v) is 17.2. The van der Waals surface area contributed by atoms with Crippen LogP contribution in [0.25, 0.3) is 12.2 Å². The van der Waals surface area contributed by atoms with E-state index in [9.17, 15) is 0 Å². The molecule has 2 aromatic carbocycles. The van der Waals surface area contributed by atoms with Gasteiger partial charge in [-0.15, -0.1) is 0 Å². The van der Waals surface area contributed by atoms with Gasteiger partial charge < -0.3 is 4.74 Å². The molecule has 0 aliphatic heterocycles. The minimum Gasteiger partial charge on any atom is -0.348 e. The Morgan fingerprint density at radius 1 is 0.566 bits per heavy atom. The first-order valence-electron chi connectivity index (χ1n) is 18.4. The van der Waals surface area contributed by atoms with E-state index in [0.717, 1.165) is 33.6 Å². The van der Waals surface area contributed by atoms with Crippen LogP contribution in [0.4, 0.5) is 0 Å². The quantitative estimate of drug-likeness (QED) is 0.153. The first-order chi connectivity index (χ1) is 25.2. The topological polar surface area (TPSA) is 35.0 Å². The van der Waals surface area contributed by atoms with Gasteiger partial charge in [-0.2, -0.15) is 0 Å². The Morgan fingerprint density at radius 3 is 1.23 bits per heavy atom. The van der Waals surface area contributed by atoms with E-state index in [2.05, 4.69) is 209 Å². The predicted octanol–water partition coefficient (Wildman–Crippen LogP) is 9.65. The molecule has 0 spiro atoms. The average molecular weight is 727 g/mol. The molecule has 3 nitrogen and oxygen atoms in total.